The molecule has 0 unspecified atom stereocenters. The third kappa shape index (κ3) is 1.27. The largest absolute Gasteiger partial charge is 0.397 e. The Morgan fingerprint density at radius 1 is 1.23 bits per heavy atom. The first-order valence-electron chi connectivity index (χ1n) is 4.21. The number of nitrogens with zero attached hydrogens (tertiary/aromatic N) is 2. The second-order valence-electron chi connectivity index (χ2n) is 3.36. The molecule has 2 aromatic rings. The van der Waals surface area contributed by atoms with E-state index in [0.717, 1.165) is 11.0 Å². The molecule has 0 atom stereocenters. The van der Waals surface area contributed by atoms with Gasteiger partial charge in [-0.05, 0) is 17.5 Å². The fourth-order valence-electron chi connectivity index (χ4n) is 1.37. The highest BCUT2D eigenvalue weighted by Crippen LogP contribution is 2.27. The van der Waals surface area contributed by atoms with Gasteiger partial charge in [0.2, 0.25) is 0 Å². The predicted octanol–water partition coefficient (Wildman–Crippen LogP) is 2.40. The molecule has 13 heavy (non-hydrogen) atoms. The lowest BCUT2D eigenvalue weighted by atomic mass is 10.0. The van der Waals surface area contributed by atoms with Crippen molar-refractivity contribution < 1.29 is 0 Å². The van der Waals surface area contributed by atoms with E-state index in [1.54, 1.807) is 0 Å². The lowest BCUT2D eigenvalue weighted by Gasteiger charge is -2.05. The van der Waals surface area contributed by atoms with Gasteiger partial charge < -0.3 is 5.73 Å². The van der Waals surface area contributed by atoms with E-state index in [9.17, 15) is 0 Å². The summed E-state index contributed by atoms with van der Waals surface area (Å²) in [7, 11) is 0. The van der Waals surface area contributed by atoms with Gasteiger partial charge in [-0.1, -0.05) is 19.9 Å². The quantitative estimate of drug-likeness (QED) is 0.707. The zero-order valence-electron chi connectivity index (χ0n) is 7.61. The van der Waals surface area contributed by atoms with Crippen LogP contribution in [-0.4, -0.2) is 8.75 Å². The van der Waals surface area contributed by atoms with Crippen LogP contribution < -0.4 is 5.73 Å². The van der Waals surface area contributed by atoms with Gasteiger partial charge in [-0.25, -0.2) is 0 Å². The monoisotopic (exact) mass is 193 g/mol. The van der Waals surface area contributed by atoms with Crippen LogP contribution in [0.3, 0.4) is 0 Å². The van der Waals surface area contributed by atoms with Crippen LogP contribution in [0.5, 0.6) is 0 Å². The Morgan fingerprint density at radius 3 is 2.62 bits per heavy atom. The summed E-state index contributed by atoms with van der Waals surface area (Å²) in [4.78, 5) is 0. The van der Waals surface area contributed by atoms with Crippen LogP contribution in [0.4, 0.5) is 5.69 Å². The standard InChI is InChI=1S/C9H11N3S/c1-5(2)6-3-4-7(10)9-8(6)11-13-12-9/h3-5H,10H2,1-2H3. The predicted molar refractivity (Wildman–Crippen MR) is 55.9 cm³/mol. The summed E-state index contributed by atoms with van der Waals surface area (Å²) in [6.07, 6.45) is 0. The van der Waals surface area contributed by atoms with Crippen molar-refractivity contribution in [2.45, 2.75) is 19.8 Å². The molecule has 0 bridgehead atoms. The number of hydrogen-bond acceptors (Lipinski definition) is 4. The molecular weight excluding hydrogens is 182 g/mol. The molecule has 0 aliphatic rings. The minimum atomic E-state index is 0.465. The van der Waals surface area contributed by atoms with Crippen molar-refractivity contribution >= 4 is 28.4 Å². The molecule has 2 N–H and O–H groups in total. The van der Waals surface area contributed by atoms with Crippen LogP contribution in [0.1, 0.15) is 25.3 Å². The minimum absolute atomic E-state index is 0.465. The van der Waals surface area contributed by atoms with E-state index in [2.05, 4.69) is 22.6 Å². The maximum atomic E-state index is 5.77. The fraction of sp³-hybridized carbons (Fsp3) is 0.333. The van der Waals surface area contributed by atoms with Crippen LogP contribution in [-0.2, 0) is 0 Å². The van der Waals surface area contributed by atoms with Gasteiger partial charge in [0.15, 0.2) is 0 Å². The molecule has 0 saturated carbocycles. The Hall–Kier alpha value is -1.16. The topological polar surface area (TPSA) is 51.8 Å². The highest BCUT2D eigenvalue weighted by molar-refractivity contribution is 7.00. The summed E-state index contributed by atoms with van der Waals surface area (Å²) in [5.41, 5.74) is 9.51. The number of benzene rings is 1. The maximum absolute atomic E-state index is 5.77. The molecule has 68 valence electrons. The smallest absolute Gasteiger partial charge is 0.127 e. The van der Waals surface area contributed by atoms with Crippen molar-refractivity contribution in [2.24, 2.45) is 0 Å². The minimum Gasteiger partial charge on any atom is -0.397 e. The highest BCUT2D eigenvalue weighted by Gasteiger charge is 2.10. The zero-order chi connectivity index (χ0) is 9.42. The summed E-state index contributed by atoms with van der Waals surface area (Å²) >= 11 is 1.22. The van der Waals surface area contributed by atoms with Crippen LogP contribution in [0, 0.1) is 0 Å². The number of nitrogens with two attached hydrogens (primary N) is 1. The maximum Gasteiger partial charge on any atom is 0.127 e. The molecule has 3 nitrogen and oxygen atoms in total. The van der Waals surface area contributed by atoms with Crippen LogP contribution in [0.15, 0.2) is 12.1 Å². The fourth-order valence-corrected chi connectivity index (χ4v) is 1.96. The molecule has 1 heterocycles. The first kappa shape index (κ1) is 8.44. The Morgan fingerprint density at radius 2 is 1.92 bits per heavy atom. The third-order valence-corrected chi connectivity index (χ3v) is 2.63. The average Bonchev–Trinajstić information content (AvgIpc) is 2.53. The summed E-state index contributed by atoms with van der Waals surface area (Å²) in [5, 5.41) is 0. The molecule has 0 fully saturated rings. The Bertz CT molecular complexity index is 433. The molecule has 1 aromatic heterocycles. The van der Waals surface area contributed by atoms with Crippen LogP contribution in [0.25, 0.3) is 11.0 Å². The molecule has 1 aromatic carbocycles. The second-order valence-corrected chi connectivity index (χ2v) is 3.89. The van der Waals surface area contributed by atoms with E-state index in [4.69, 9.17) is 5.73 Å². The molecule has 0 aliphatic heterocycles. The second kappa shape index (κ2) is 2.96. The van der Waals surface area contributed by atoms with Crippen LogP contribution >= 0.6 is 11.7 Å². The number of aromatic nitrogens is 2. The molecule has 2 rings (SSSR count). The van der Waals surface area contributed by atoms with Gasteiger partial charge in [-0.15, -0.1) is 0 Å². The van der Waals surface area contributed by atoms with Crippen molar-refractivity contribution in [3.8, 4) is 0 Å². The number of fused-ring (bicyclic) bond motifs is 1. The Labute approximate surface area is 80.9 Å². The van der Waals surface area contributed by atoms with Gasteiger partial charge in [-0.2, -0.15) is 8.75 Å². The first-order valence-corrected chi connectivity index (χ1v) is 4.94. The summed E-state index contributed by atoms with van der Waals surface area (Å²) < 4.78 is 8.42. The van der Waals surface area contributed by atoms with E-state index < -0.39 is 0 Å². The first-order chi connectivity index (χ1) is 6.20. The van der Waals surface area contributed by atoms with Gasteiger partial charge >= 0.3 is 0 Å². The zero-order valence-corrected chi connectivity index (χ0v) is 8.43. The lowest BCUT2D eigenvalue weighted by Crippen LogP contribution is -1.93. The van der Waals surface area contributed by atoms with E-state index in [0.29, 0.717) is 11.6 Å². The molecular formula is C9H11N3S. The van der Waals surface area contributed by atoms with Crippen molar-refractivity contribution in [2.75, 3.05) is 5.73 Å². The molecule has 0 spiro atoms. The lowest BCUT2D eigenvalue weighted by molar-refractivity contribution is 0.874. The number of hydrogen-bond donors (Lipinski definition) is 1. The number of rotatable bonds is 1. The van der Waals surface area contributed by atoms with E-state index >= 15 is 0 Å². The van der Waals surface area contributed by atoms with E-state index in [-0.39, 0.29) is 0 Å². The molecule has 0 radical (unpaired) electrons. The van der Waals surface area contributed by atoms with Gasteiger partial charge in [-0.3, -0.25) is 0 Å². The number of nitrogen functional groups attached to an aromatic ring is 1. The third-order valence-electron chi connectivity index (χ3n) is 2.10. The molecule has 0 amide bonds. The SMILES string of the molecule is CC(C)c1ccc(N)c2nsnc12. The van der Waals surface area contributed by atoms with Gasteiger partial charge in [0.25, 0.3) is 0 Å². The van der Waals surface area contributed by atoms with E-state index in [1.165, 1.54) is 17.3 Å². The van der Waals surface area contributed by atoms with Gasteiger partial charge in [0, 0.05) is 0 Å². The normalized spacial score (nSPS) is 11.3. The van der Waals surface area contributed by atoms with Crippen molar-refractivity contribution in [3.05, 3.63) is 17.7 Å². The van der Waals surface area contributed by atoms with Crippen molar-refractivity contribution in [1.29, 1.82) is 0 Å². The van der Waals surface area contributed by atoms with Crippen LogP contribution in [0.2, 0.25) is 0 Å². The molecule has 0 aliphatic carbocycles. The molecule has 0 saturated heterocycles. The summed E-state index contributed by atoms with van der Waals surface area (Å²) in [6, 6.07) is 3.93. The average molecular weight is 193 g/mol. The summed E-state index contributed by atoms with van der Waals surface area (Å²) in [5.74, 6) is 0.465. The van der Waals surface area contributed by atoms with Gasteiger partial charge in [0.05, 0.1) is 17.4 Å². The molecule has 4 heteroatoms. The summed E-state index contributed by atoms with van der Waals surface area (Å²) in [6.45, 7) is 4.29. The Kier molecular flexibility index (Phi) is 1.92. The van der Waals surface area contributed by atoms with Crippen molar-refractivity contribution in [1.82, 2.24) is 8.75 Å². The highest BCUT2D eigenvalue weighted by atomic mass is 32.1. The number of anilines is 1. The van der Waals surface area contributed by atoms with Gasteiger partial charge in [0.1, 0.15) is 11.0 Å². The Balaban J connectivity index is 2.78. The van der Waals surface area contributed by atoms with E-state index in [1.807, 2.05) is 12.1 Å². The van der Waals surface area contributed by atoms with Crippen molar-refractivity contribution in [3.63, 3.8) is 0 Å².